The Morgan fingerprint density at radius 3 is 1.21 bits per heavy atom. The molecule has 6 aromatic rings. The van der Waals surface area contributed by atoms with Crippen LogP contribution in [0.2, 0.25) is 10.0 Å². The third-order valence-electron chi connectivity index (χ3n) is 11.1. The molecule has 17 nitrogen and oxygen atoms in total. The van der Waals surface area contributed by atoms with Gasteiger partial charge in [-0.3, -0.25) is 0 Å². The molecule has 19 heteroatoms. The smallest absolute Gasteiger partial charge is 0.410 e. The number of nitrogens with zero attached hydrogens (tertiary/aromatic N) is 11. The molecule has 0 unspecified atom stereocenters. The van der Waals surface area contributed by atoms with Gasteiger partial charge in [0.25, 0.3) is 0 Å². The van der Waals surface area contributed by atoms with Crippen LogP contribution in [-0.4, -0.2) is 152 Å². The zero-order valence-electron chi connectivity index (χ0n) is 52.4. The Morgan fingerprint density at radius 2 is 0.821 bits per heavy atom. The Balaban J connectivity index is 0.000000362. The van der Waals surface area contributed by atoms with E-state index in [1.807, 2.05) is 164 Å². The first-order valence-corrected chi connectivity index (χ1v) is 27.9. The fourth-order valence-corrected chi connectivity index (χ4v) is 7.16. The molecule has 0 heterocycles. The molecule has 0 radical (unpaired) electrons. The van der Waals surface area contributed by atoms with E-state index in [-0.39, 0.29) is 0 Å². The van der Waals surface area contributed by atoms with Crippen molar-refractivity contribution in [2.24, 2.45) is 30.0 Å². The Bertz CT molecular complexity index is 3110. The van der Waals surface area contributed by atoms with Crippen LogP contribution in [0.1, 0.15) is 58.7 Å². The second-order valence-electron chi connectivity index (χ2n) is 20.0. The van der Waals surface area contributed by atoms with Gasteiger partial charge in [0.2, 0.25) is 0 Å². The first-order valence-electron chi connectivity index (χ1n) is 27.2. The highest BCUT2D eigenvalue weighted by molar-refractivity contribution is 6.31. The van der Waals surface area contributed by atoms with Gasteiger partial charge < -0.3 is 44.6 Å². The second-order valence-corrected chi connectivity index (χ2v) is 20.9. The number of amides is 2. The largest absolute Gasteiger partial charge is 0.412 e. The number of benzene rings is 6. The number of hydrogen-bond donors (Lipinski definition) is 2. The number of carbonyl (C=O) groups is 2. The number of halogens is 2. The predicted molar refractivity (Wildman–Crippen MR) is 357 cm³/mol. The van der Waals surface area contributed by atoms with Crippen LogP contribution >= 0.6 is 23.2 Å². The number of unbranched alkanes of at least 4 members (excludes halogenated alkanes) is 1. The highest BCUT2D eigenvalue weighted by atomic mass is 35.5. The molecule has 0 aliphatic heterocycles. The van der Waals surface area contributed by atoms with E-state index < -0.39 is 12.2 Å². The number of ether oxygens (including phenoxy) is 2. The van der Waals surface area contributed by atoms with Crippen LogP contribution in [0.5, 0.6) is 11.5 Å². The molecule has 0 aliphatic rings. The SMILES string of the molecule is CCCCN(C)/C=N/c1ccc(Cl)cc1C.CNC(=O)Oc1ccc(N=CN(C)C)c(C)c1.CNC(=O)Oc1cccc(/N=C\N(C)C)c1.Cc1cc(Cl)ccc1N=CN(C)C.Cc1ccc(/N=C/N(C)/C=N/c2ccc(C)cc2C)c(C)c1. The summed E-state index contributed by atoms with van der Waals surface area (Å²) in [4.78, 5) is 57.8. The number of carbonyl (C=O) groups excluding carboxylic acids is 2. The molecule has 84 heavy (non-hydrogen) atoms. The van der Waals surface area contributed by atoms with E-state index in [2.05, 4.69) is 104 Å². The Hall–Kier alpha value is -8.54. The molecule has 0 atom stereocenters. The van der Waals surface area contributed by atoms with Crippen LogP contribution in [0.25, 0.3) is 0 Å². The van der Waals surface area contributed by atoms with Gasteiger partial charge in [-0.15, -0.1) is 0 Å². The normalized spacial score (nSPS) is 10.8. The van der Waals surface area contributed by atoms with E-state index in [0.29, 0.717) is 11.5 Å². The topological polar surface area (TPSA) is 167 Å². The van der Waals surface area contributed by atoms with Crippen molar-refractivity contribution >= 4 is 108 Å². The molecule has 6 aromatic carbocycles. The summed E-state index contributed by atoms with van der Waals surface area (Å²) < 4.78 is 9.99. The molecule has 6 rings (SSSR count). The molecule has 2 N–H and O–H groups in total. The van der Waals surface area contributed by atoms with Crippen molar-refractivity contribution in [1.82, 2.24) is 35.1 Å². The molecule has 0 aliphatic carbocycles. The summed E-state index contributed by atoms with van der Waals surface area (Å²) in [6.07, 6.45) is 12.1. The van der Waals surface area contributed by atoms with Gasteiger partial charge in [0, 0.05) is 93.1 Å². The maximum absolute atomic E-state index is 11.0. The molecule has 0 saturated heterocycles. The Morgan fingerprint density at radius 1 is 0.452 bits per heavy atom. The third kappa shape index (κ3) is 30.5. The molecule has 0 bridgehead atoms. The molecule has 0 fully saturated rings. The van der Waals surface area contributed by atoms with Crippen LogP contribution in [0.15, 0.2) is 145 Å². The maximum atomic E-state index is 11.0. The zero-order valence-corrected chi connectivity index (χ0v) is 53.9. The quantitative estimate of drug-likeness (QED) is 0.0667. The number of hydrogen-bond acceptors (Lipinski definition) is 10. The minimum absolute atomic E-state index is 0.466. The van der Waals surface area contributed by atoms with Gasteiger partial charge in [0.1, 0.15) is 11.5 Å². The van der Waals surface area contributed by atoms with Gasteiger partial charge >= 0.3 is 12.2 Å². The molecule has 450 valence electrons. The van der Waals surface area contributed by atoms with Crippen LogP contribution in [0, 0.1) is 48.5 Å². The first kappa shape index (κ1) is 71.6. The molecule has 0 saturated carbocycles. The minimum atomic E-state index is -0.492. The summed E-state index contributed by atoms with van der Waals surface area (Å²) in [5, 5.41) is 6.28. The van der Waals surface area contributed by atoms with Gasteiger partial charge in [-0.2, -0.15) is 0 Å². The summed E-state index contributed by atoms with van der Waals surface area (Å²) in [7, 11) is 18.5. The van der Waals surface area contributed by atoms with Crippen molar-refractivity contribution in [3.63, 3.8) is 0 Å². The second kappa shape index (κ2) is 39.0. The lowest BCUT2D eigenvalue weighted by Gasteiger charge is -2.11. The van der Waals surface area contributed by atoms with Crippen molar-refractivity contribution in [1.29, 1.82) is 0 Å². The summed E-state index contributed by atoms with van der Waals surface area (Å²) >= 11 is 11.7. The van der Waals surface area contributed by atoms with Gasteiger partial charge in [-0.25, -0.2) is 39.5 Å². The molecule has 2 amide bonds. The van der Waals surface area contributed by atoms with E-state index in [9.17, 15) is 9.59 Å². The lowest BCUT2D eigenvalue weighted by atomic mass is 10.1. The summed E-state index contributed by atoms with van der Waals surface area (Å²) in [6, 6.07) is 36.2. The highest BCUT2D eigenvalue weighted by Gasteiger charge is 2.05. The summed E-state index contributed by atoms with van der Waals surface area (Å²) in [5.74, 6) is 0.971. The zero-order chi connectivity index (χ0) is 62.7. The fourth-order valence-electron chi connectivity index (χ4n) is 6.71. The van der Waals surface area contributed by atoms with Crippen LogP contribution in [0.3, 0.4) is 0 Å². The number of rotatable bonds is 17. The van der Waals surface area contributed by atoms with Crippen LogP contribution < -0.4 is 20.1 Å². The lowest BCUT2D eigenvalue weighted by Crippen LogP contribution is -2.21. The molecular weight excluding hydrogens is 1100 g/mol. The van der Waals surface area contributed by atoms with Crippen molar-refractivity contribution in [2.75, 3.05) is 77.0 Å². The Kier molecular flexibility index (Phi) is 33.3. The third-order valence-corrected chi connectivity index (χ3v) is 11.6. The number of nitrogens with one attached hydrogen (secondary N) is 2. The number of aliphatic imine (C=N–C) groups is 6. The van der Waals surface area contributed by atoms with E-state index >= 15 is 0 Å². The number of aryl methyl sites for hydroxylation is 7. The van der Waals surface area contributed by atoms with Crippen molar-refractivity contribution in [3.8, 4) is 11.5 Å². The monoisotopic (exact) mass is 1180 g/mol. The van der Waals surface area contributed by atoms with Gasteiger partial charge in [0.15, 0.2) is 0 Å². The van der Waals surface area contributed by atoms with Crippen LogP contribution in [-0.2, 0) is 0 Å². The van der Waals surface area contributed by atoms with Crippen molar-refractivity contribution < 1.29 is 19.1 Å². The predicted octanol–water partition coefficient (Wildman–Crippen LogP) is 15.3. The standard InChI is InChI=1S/C19H23N3.C13H19ClN2.C12H17N3O2.C11H15N3O2.C10H13ClN2/c1-14-6-8-18(16(3)10-14)20-12-22(5)13-21-19-9-7-15(2)11-17(19)4;1-4-5-8-16(3)10-15-13-7-6-12(14)9-11(13)2;1-9-7-10(17-12(16)13-2)5-6-11(9)14-8-15(3)4;1-12-11(15)16-10-6-4-5-9(7-10)13-8-14(2)3;1-8-6-9(11)4-5-10(8)12-7-13(2)3/h6-13H,1-5H3;6-7,9-10H,4-5,8H2,1-3H3;5-8H,1-4H3,(H,13,16);4-8H,1-3H3,(H,12,15);4-7H,1-3H3/b20-12+,21-13+;15-10+;;13-8-;. The van der Waals surface area contributed by atoms with E-state index in [4.69, 9.17) is 32.7 Å². The lowest BCUT2D eigenvalue weighted by molar-refractivity contribution is 0.202. The van der Waals surface area contributed by atoms with Gasteiger partial charge in [-0.05, 0) is 162 Å². The molecule has 0 spiro atoms. The van der Waals surface area contributed by atoms with E-state index in [1.165, 1.54) is 49.2 Å². The first-order chi connectivity index (χ1) is 39.8. The summed E-state index contributed by atoms with van der Waals surface area (Å²) in [6.45, 7) is 17.5. The summed E-state index contributed by atoms with van der Waals surface area (Å²) in [5.41, 5.74) is 13.5. The molecular formula is C65H87Cl2N13O4. The highest BCUT2D eigenvalue weighted by Crippen LogP contribution is 2.26. The van der Waals surface area contributed by atoms with Gasteiger partial charge in [-0.1, -0.05) is 78.0 Å². The fraction of sp³-hybridized carbons (Fsp3) is 0.323. The average molecular weight is 1190 g/mol. The maximum Gasteiger partial charge on any atom is 0.412 e. The Labute approximate surface area is 510 Å². The minimum Gasteiger partial charge on any atom is -0.410 e. The molecule has 0 aromatic heterocycles. The van der Waals surface area contributed by atoms with E-state index in [1.54, 1.807) is 62.0 Å². The average Bonchev–Trinajstić information content (AvgIpc) is 3.66. The van der Waals surface area contributed by atoms with E-state index in [0.717, 1.165) is 67.4 Å². The van der Waals surface area contributed by atoms with Crippen molar-refractivity contribution in [2.45, 2.75) is 68.2 Å². The van der Waals surface area contributed by atoms with Crippen molar-refractivity contribution in [3.05, 3.63) is 164 Å². The van der Waals surface area contributed by atoms with Gasteiger partial charge in [0.05, 0.1) is 72.2 Å². The van der Waals surface area contributed by atoms with Crippen LogP contribution in [0.4, 0.5) is 43.7 Å².